The summed E-state index contributed by atoms with van der Waals surface area (Å²) in [6.45, 7) is 0. The predicted octanol–water partition coefficient (Wildman–Crippen LogP) is 2.85. The van der Waals surface area contributed by atoms with Crippen LogP contribution in [0.15, 0.2) is 18.2 Å². The van der Waals surface area contributed by atoms with Crippen LogP contribution in [0.5, 0.6) is 0 Å². The molecule has 0 fully saturated rings. The second kappa shape index (κ2) is 3.91. The van der Waals surface area contributed by atoms with E-state index in [1.54, 1.807) is 0 Å². The van der Waals surface area contributed by atoms with Crippen LogP contribution in [0.4, 0.5) is 0 Å². The van der Waals surface area contributed by atoms with Crippen molar-refractivity contribution in [1.29, 1.82) is 0 Å². The first-order chi connectivity index (χ1) is 6.31. The average molecular weight is 214 g/mol. The zero-order valence-corrected chi connectivity index (χ0v) is 9.08. The molecule has 0 radical (unpaired) electrons. The molecule has 0 aromatic heterocycles. The van der Waals surface area contributed by atoms with E-state index < -0.39 is 0 Å². The maximum atomic E-state index is 5.96. The molecule has 2 rings (SSSR count). The Morgan fingerprint density at radius 2 is 2.38 bits per heavy atom. The molecule has 0 aliphatic carbocycles. The molecule has 1 atom stereocenters. The van der Waals surface area contributed by atoms with E-state index in [9.17, 15) is 0 Å². The van der Waals surface area contributed by atoms with E-state index in [2.05, 4.69) is 17.4 Å². The fourth-order valence-corrected chi connectivity index (χ4v) is 3.00. The second-order valence-electron chi connectivity index (χ2n) is 3.20. The minimum Gasteiger partial charge on any atom is -0.312 e. The molecule has 1 aromatic carbocycles. The van der Waals surface area contributed by atoms with E-state index >= 15 is 0 Å². The highest BCUT2D eigenvalue weighted by Gasteiger charge is 2.18. The Labute approximate surface area is 87.9 Å². The fraction of sp³-hybridized carbons (Fsp3) is 0.400. The molecular weight excluding hydrogens is 202 g/mol. The van der Waals surface area contributed by atoms with Crippen LogP contribution in [-0.4, -0.2) is 12.8 Å². The molecule has 0 bridgehead atoms. The summed E-state index contributed by atoms with van der Waals surface area (Å²) in [7, 11) is 2.00. The first-order valence-electron chi connectivity index (χ1n) is 4.34. The van der Waals surface area contributed by atoms with Crippen LogP contribution in [0.1, 0.15) is 17.2 Å². The molecule has 13 heavy (non-hydrogen) atoms. The van der Waals surface area contributed by atoms with E-state index in [-0.39, 0.29) is 0 Å². The molecule has 1 aromatic rings. The summed E-state index contributed by atoms with van der Waals surface area (Å²) < 4.78 is 0. The smallest absolute Gasteiger partial charge is 0.0413 e. The average Bonchev–Trinajstić information content (AvgIpc) is 2.17. The van der Waals surface area contributed by atoms with Crippen molar-refractivity contribution in [2.75, 3.05) is 12.8 Å². The van der Waals surface area contributed by atoms with E-state index in [4.69, 9.17) is 11.6 Å². The third kappa shape index (κ3) is 1.85. The largest absolute Gasteiger partial charge is 0.312 e. The number of thioether (sulfide) groups is 1. The molecular formula is C10H12ClNS. The van der Waals surface area contributed by atoms with Crippen LogP contribution in [0.3, 0.4) is 0 Å². The number of hydrogen-bond donors (Lipinski definition) is 1. The van der Waals surface area contributed by atoms with Gasteiger partial charge in [-0.25, -0.2) is 0 Å². The number of fused-ring (bicyclic) bond motifs is 1. The van der Waals surface area contributed by atoms with Gasteiger partial charge in [0.05, 0.1) is 0 Å². The summed E-state index contributed by atoms with van der Waals surface area (Å²) in [5.74, 6) is 2.26. The van der Waals surface area contributed by atoms with Gasteiger partial charge in [-0.3, -0.25) is 0 Å². The standard InChI is InChI=1S/C10H12ClNS/c1-12-10-6-13-5-7-2-3-8(11)4-9(7)10/h2-4,10,12H,5-6H2,1H3. The number of benzene rings is 1. The lowest BCUT2D eigenvalue weighted by molar-refractivity contribution is 0.651. The molecule has 0 saturated carbocycles. The highest BCUT2D eigenvalue weighted by molar-refractivity contribution is 7.98. The van der Waals surface area contributed by atoms with Gasteiger partial charge in [-0.2, -0.15) is 11.8 Å². The topological polar surface area (TPSA) is 12.0 Å². The third-order valence-electron chi connectivity index (χ3n) is 2.37. The van der Waals surface area contributed by atoms with Gasteiger partial charge in [-0.1, -0.05) is 17.7 Å². The van der Waals surface area contributed by atoms with Crippen LogP contribution < -0.4 is 5.32 Å². The van der Waals surface area contributed by atoms with Crippen molar-refractivity contribution in [1.82, 2.24) is 5.32 Å². The van der Waals surface area contributed by atoms with Crippen LogP contribution in [0, 0.1) is 0 Å². The molecule has 1 aliphatic heterocycles. The molecule has 0 amide bonds. The SMILES string of the molecule is CNC1CSCc2ccc(Cl)cc21. The molecule has 1 nitrogen and oxygen atoms in total. The summed E-state index contributed by atoms with van der Waals surface area (Å²) in [4.78, 5) is 0. The fourth-order valence-electron chi connectivity index (χ4n) is 1.64. The van der Waals surface area contributed by atoms with Crippen molar-refractivity contribution in [2.24, 2.45) is 0 Å². The van der Waals surface area contributed by atoms with Crippen LogP contribution in [0.2, 0.25) is 5.02 Å². The van der Waals surface area contributed by atoms with Crippen molar-refractivity contribution in [2.45, 2.75) is 11.8 Å². The van der Waals surface area contributed by atoms with Gasteiger partial charge in [0.1, 0.15) is 0 Å². The Balaban J connectivity index is 2.41. The monoisotopic (exact) mass is 213 g/mol. The van der Waals surface area contributed by atoms with Crippen LogP contribution >= 0.6 is 23.4 Å². The number of nitrogens with one attached hydrogen (secondary N) is 1. The number of hydrogen-bond acceptors (Lipinski definition) is 2. The molecule has 70 valence electrons. The Hall–Kier alpha value is -0.180. The van der Waals surface area contributed by atoms with Crippen molar-refractivity contribution in [3.05, 3.63) is 34.3 Å². The van der Waals surface area contributed by atoms with E-state index in [1.165, 1.54) is 11.1 Å². The zero-order valence-electron chi connectivity index (χ0n) is 7.51. The maximum absolute atomic E-state index is 5.96. The first-order valence-corrected chi connectivity index (χ1v) is 5.88. The zero-order chi connectivity index (χ0) is 9.26. The van der Waals surface area contributed by atoms with Crippen molar-refractivity contribution >= 4 is 23.4 Å². The molecule has 0 saturated heterocycles. The molecule has 0 spiro atoms. The molecule has 1 N–H and O–H groups in total. The van der Waals surface area contributed by atoms with E-state index in [1.807, 2.05) is 24.9 Å². The lowest BCUT2D eigenvalue weighted by Crippen LogP contribution is -2.22. The van der Waals surface area contributed by atoms with E-state index in [0.29, 0.717) is 6.04 Å². The summed E-state index contributed by atoms with van der Waals surface area (Å²) in [5.41, 5.74) is 2.79. The molecule has 1 heterocycles. The molecule has 3 heteroatoms. The van der Waals surface area contributed by atoms with Crippen molar-refractivity contribution < 1.29 is 0 Å². The van der Waals surface area contributed by atoms with Gasteiger partial charge >= 0.3 is 0 Å². The number of rotatable bonds is 1. The molecule has 1 aliphatic rings. The Kier molecular flexibility index (Phi) is 2.82. The first kappa shape index (κ1) is 9.38. The Bertz CT molecular complexity index is 314. The van der Waals surface area contributed by atoms with Crippen LogP contribution in [-0.2, 0) is 5.75 Å². The minimum absolute atomic E-state index is 0.465. The molecule has 1 unspecified atom stereocenters. The lowest BCUT2D eigenvalue weighted by atomic mass is 10.0. The summed E-state index contributed by atoms with van der Waals surface area (Å²) in [6, 6.07) is 6.65. The second-order valence-corrected chi connectivity index (χ2v) is 4.67. The predicted molar refractivity (Wildman–Crippen MR) is 59.4 cm³/mol. The highest BCUT2D eigenvalue weighted by Crippen LogP contribution is 2.32. The Morgan fingerprint density at radius 1 is 1.54 bits per heavy atom. The van der Waals surface area contributed by atoms with Gasteiger partial charge in [0, 0.05) is 22.6 Å². The van der Waals surface area contributed by atoms with Gasteiger partial charge in [-0.05, 0) is 30.3 Å². The summed E-state index contributed by atoms with van der Waals surface area (Å²) in [5, 5.41) is 4.15. The minimum atomic E-state index is 0.465. The van der Waals surface area contributed by atoms with Gasteiger partial charge in [0.15, 0.2) is 0 Å². The quantitative estimate of drug-likeness (QED) is 0.770. The summed E-state index contributed by atoms with van der Waals surface area (Å²) in [6.07, 6.45) is 0. The van der Waals surface area contributed by atoms with Gasteiger partial charge in [0.2, 0.25) is 0 Å². The van der Waals surface area contributed by atoms with Crippen molar-refractivity contribution in [3.63, 3.8) is 0 Å². The van der Waals surface area contributed by atoms with Crippen molar-refractivity contribution in [3.8, 4) is 0 Å². The number of halogens is 1. The maximum Gasteiger partial charge on any atom is 0.0413 e. The third-order valence-corrected chi connectivity index (χ3v) is 3.69. The Morgan fingerprint density at radius 3 is 3.15 bits per heavy atom. The summed E-state index contributed by atoms with van der Waals surface area (Å²) >= 11 is 7.93. The van der Waals surface area contributed by atoms with E-state index in [0.717, 1.165) is 16.5 Å². The highest BCUT2D eigenvalue weighted by atomic mass is 35.5. The van der Waals surface area contributed by atoms with Gasteiger partial charge in [0.25, 0.3) is 0 Å². The normalized spacial score (nSPS) is 21.2. The lowest BCUT2D eigenvalue weighted by Gasteiger charge is -2.24. The van der Waals surface area contributed by atoms with Crippen LogP contribution in [0.25, 0.3) is 0 Å². The van der Waals surface area contributed by atoms with Gasteiger partial charge in [-0.15, -0.1) is 0 Å². The van der Waals surface area contributed by atoms with Gasteiger partial charge < -0.3 is 5.32 Å².